The van der Waals surface area contributed by atoms with E-state index in [4.69, 9.17) is 9.47 Å². The Bertz CT molecular complexity index is 444. The molecule has 1 aromatic carbocycles. The maximum Gasteiger partial charge on any atom is 0.123 e. The fourth-order valence-electron chi connectivity index (χ4n) is 3.26. The molecular formula is C18H28FNO3. The van der Waals surface area contributed by atoms with Crippen molar-refractivity contribution < 1.29 is 19.0 Å². The van der Waals surface area contributed by atoms with Crippen molar-refractivity contribution in [2.24, 2.45) is 11.8 Å². The second-order valence-corrected chi connectivity index (χ2v) is 6.70. The number of piperidine rings is 1. The molecule has 1 aliphatic rings. The Labute approximate surface area is 138 Å². The van der Waals surface area contributed by atoms with Gasteiger partial charge in [0.1, 0.15) is 18.2 Å². The molecule has 23 heavy (non-hydrogen) atoms. The number of hydrogen-bond donors (Lipinski definition) is 1. The zero-order valence-electron chi connectivity index (χ0n) is 14.1. The molecule has 0 radical (unpaired) electrons. The van der Waals surface area contributed by atoms with Crippen LogP contribution in [0, 0.1) is 17.7 Å². The van der Waals surface area contributed by atoms with E-state index >= 15 is 0 Å². The molecule has 4 nitrogen and oxygen atoms in total. The summed E-state index contributed by atoms with van der Waals surface area (Å²) in [5, 5.41) is 10.1. The van der Waals surface area contributed by atoms with E-state index in [0.29, 0.717) is 44.0 Å². The lowest BCUT2D eigenvalue weighted by Crippen LogP contribution is -2.43. The van der Waals surface area contributed by atoms with Crippen LogP contribution < -0.4 is 4.74 Å². The van der Waals surface area contributed by atoms with Crippen LogP contribution in [0.25, 0.3) is 0 Å². The van der Waals surface area contributed by atoms with Crippen molar-refractivity contribution in [3.8, 4) is 5.75 Å². The lowest BCUT2D eigenvalue weighted by Gasteiger charge is -2.35. The van der Waals surface area contributed by atoms with Crippen LogP contribution in [0.3, 0.4) is 0 Å². The van der Waals surface area contributed by atoms with E-state index in [-0.39, 0.29) is 5.82 Å². The van der Waals surface area contributed by atoms with Gasteiger partial charge in [-0.15, -0.1) is 0 Å². The average molecular weight is 325 g/mol. The maximum absolute atomic E-state index is 12.7. The molecule has 0 spiro atoms. The summed E-state index contributed by atoms with van der Waals surface area (Å²) in [4.78, 5) is 2.32. The van der Waals surface area contributed by atoms with Gasteiger partial charge in [0.15, 0.2) is 0 Å². The van der Waals surface area contributed by atoms with Crippen LogP contribution in [0.4, 0.5) is 4.39 Å². The SMILES string of the molecule is C[C@@H]1C[C@H](C)CN(C[C@H](O)COCCOc2ccc(F)cc2)C1. The first-order valence-corrected chi connectivity index (χ1v) is 8.39. The highest BCUT2D eigenvalue weighted by Gasteiger charge is 2.23. The number of nitrogens with zero attached hydrogens (tertiary/aromatic N) is 1. The average Bonchev–Trinajstić information content (AvgIpc) is 2.47. The summed E-state index contributed by atoms with van der Waals surface area (Å²) >= 11 is 0. The highest BCUT2D eigenvalue weighted by Crippen LogP contribution is 2.20. The van der Waals surface area contributed by atoms with Crippen LogP contribution in [0.1, 0.15) is 20.3 Å². The Kier molecular flexibility index (Phi) is 7.27. The lowest BCUT2D eigenvalue weighted by molar-refractivity contribution is -0.00211. The number of aliphatic hydroxyl groups is 1. The molecule has 0 aliphatic carbocycles. The number of halogens is 1. The van der Waals surface area contributed by atoms with Crippen LogP contribution in [-0.4, -0.2) is 55.6 Å². The van der Waals surface area contributed by atoms with Crippen molar-refractivity contribution in [3.63, 3.8) is 0 Å². The zero-order valence-corrected chi connectivity index (χ0v) is 14.1. The monoisotopic (exact) mass is 325 g/mol. The van der Waals surface area contributed by atoms with Gasteiger partial charge in [-0.05, 0) is 42.5 Å². The molecule has 0 aromatic heterocycles. The van der Waals surface area contributed by atoms with E-state index < -0.39 is 6.10 Å². The summed E-state index contributed by atoms with van der Waals surface area (Å²) in [6, 6.07) is 5.90. The number of β-amino-alcohol motifs (C(OH)–C–C–N with tert-alkyl or cyclic N) is 1. The van der Waals surface area contributed by atoms with Gasteiger partial charge in [0.2, 0.25) is 0 Å². The highest BCUT2D eigenvalue weighted by atomic mass is 19.1. The minimum atomic E-state index is -0.474. The molecule has 3 atom stereocenters. The minimum Gasteiger partial charge on any atom is -0.491 e. The fraction of sp³-hybridized carbons (Fsp3) is 0.667. The number of aliphatic hydroxyl groups excluding tert-OH is 1. The van der Waals surface area contributed by atoms with Crippen molar-refractivity contribution in [2.45, 2.75) is 26.4 Å². The largest absolute Gasteiger partial charge is 0.491 e. The predicted molar refractivity (Wildman–Crippen MR) is 88.1 cm³/mol. The Balaban J connectivity index is 1.56. The first-order valence-electron chi connectivity index (χ1n) is 8.39. The van der Waals surface area contributed by atoms with Crippen LogP contribution in [0.15, 0.2) is 24.3 Å². The second kappa shape index (κ2) is 9.21. The number of likely N-dealkylation sites (tertiary alicyclic amines) is 1. The summed E-state index contributed by atoms with van der Waals surface area (Å²) in [6.45, 7) is 8.39. The van der Waals surface area contributed by atoms with Crippen molar-refractivity contribution in [3.05, 3.63) is 30.1 Å². The van der Waals surface area contributed by atoms with Gasteiger partial charge < -0.3 is 19.5 Å². The minimum absolute atomic E-state index is 0.280. The Morgan fingerprint density at radius 3 is 2.48 bits per heavy atom. The first kappa shape index (κ1) is 18.2. The van der Waals surface area contributed by atoms with Crippen LogP contribution in [-0.2, 0) is 4.74 Å². The van der Waals surface area contributed by atoms with Gasteiger partial charge in [-0.25, -0.2) is 4.39 Å². The standard InChI is InChI=1S/C18H28FNO3/c1-14-9-15(2)11-20(10-14)12-17(21)13-22-7-8-23-18-5-3-16(19)4-6-18/h3-6,14-15,17,21H,7-13H2,1-2H3/t14-,15+,17-/m0/s1. The fourth-order valence-corrected chi connectivity index (χ4v) is 3.26. The third-order valence-corrected chi connectivity index (χ3v) is 4.03. The number of rotatable bonds is 8. The normalized spacial score (nSPS) is 23.7. The van der Waals surface area contributed by atoms with Crippen molar-refractivity contribution in [1.82, 2.24) is 4.90 Å². The Hall–Kier alpha value is -1.17. The zero-order chi connectivity index (χ0) is 16.7. The number of ether oxygens (including phenoxy) is 2. The molecule has 2 rings (SSSR count). The third kappa shape index (κ3) is 6.85. The third-order valence-electron chi connectivity index (χ3n) is 4.03. The Morgan fingerprint density at radius 2 is 1.83 bits per heavy atom. The topological polar surface area (TPSA) is 41.9 Å². The molecule has 130 valence electrons. The van der Waals surface area contributed by atoms with E-state index in [0.717, 1.165) is 13.1 Å². The van der Waals surface area contributed by atoms with Gasteiger partial charge in [0, 0.05) is 19.6 Å². The van der Waals surface area contributed by atoms with E-state index in [1.165, 1.54) is 18.6 Å². The molecule has 1 fully saturated rings. The van der Waals surface area contributed by atoms with Gasteiger partial charge in [-0.3, -0.25) is 0 Å². The summed E-state index contributed by atoms with van der Waals surface area (Å²) < 4.78 is 23.6. The molecule has 5 heteroatoms. The molecule has 1 heterocycles. The molecule has 0 unspecified atom stereocenters. The maximum atomic E-state index is 12.7. The lowest BCUT2D eigenvalue weighted by atomic mass is 9.92. The van der Waals surface area contributed by atoms with Crippen molar-refractivity contribution in [1.29, 1.82) is 0 Å². The van der Waals surface area contributed by atoms with Crippen molar-refractivity contribution >= 4 is 0 Å². The highest BCUT2D eigenvalue weighted by molar-refractivity contribution is 5.21. The molecule has 0 saturated carbocycles. The smallest absolute Gasteiger partial charge is 0.123 e. The molecule has 1 aromatic rings. The summed E-state index contributed by atoms with van der Waals surface area (Å²) in [5.74, 6) is 1.72. The molecule has 1 aliphatic heterocycles. The van der Waals surface area contributed by atoms with Crippen LogP contribution in [0.2, 0.25) is 0 Å². The molecule has 1 saturated heterocycles. The van der Waals surface area contributed by atoms with Gasteiger partial charge in [-0.1, -0.05) is 13.8 Å². The summed E-state index contributed by atoms with van der Waals surface area (Å²) in [6.07, 6.45) is 0.794. The van der Waals surface area contributed by atoms with Crippen LogP contribution in [0.5, 0.6) is 5.75 Å². The Morgan fingerprint density at radius 1 is 1.17 bits per heavy atom. The second-order valence-electron chi connectivity index (χ2n) is 6.70. The molecule has 0 amide bonds. The number of benzene rings is 1. The predicted octanol–water partition coefficient (Wildman–Crippen LogP) is 2.56. The van der Waals surface area contributed by atoms with Gasteiger partial charge in [0.25, 0.3) is 0 Å². The van der Waals surface area contributed by atoms with E-state index in [1.807, 2.05) is 0 Å². The molecule has 0 bridgehead atoms. The van der Waals surface area contributed by atoms with Gasteiger partial charge in [-0.2, -0.15) is 0 Å². The first-order chi connectivity index (χ1) is 11.0. The molecular weight excluding hydrogens is 297 g/mol. The van der Waals surface area contributed by atoms with Gasteiger partial charge >= 0.3 is 0 Å². The summed E-state index contributed by atoms with van der Waals surface area (Å²) in [7, 11) is 0. The van der Waals surface area contributed by atoms with E-state index in [2.05, 4.69) is 18.7 Å². The molecule has 1 N–H and O–H groups in total. The van der Waals surface area contributed by atoms with Crippen molar-refractivity contribution in [2.75, 3.05) is 39.5 Å². The van der Waals surface area contributed by atoms with E-state index in [1.54, 1.807) is 12.1 Å². The number of hydrogen-bond acceptors (Lipinski definition) is 4. The van der Waals surface area contributed by atoms with Crippen LogP contribution >= 0.6 is 0 Å². The van der Waals surface area contributed by atoms with Gasteiger partial charge in [0.05, 0.1) is 19.3 Å². The summed E-state index contributed by atoms with van der Waals surface area (Å²) in [5.41, 5.74) is 0. The quantitative estimate of drug-likeness (QED) is 0.746. The van der Waals surface area contributed by atoms with E-state index in [9.17, 15) is 9.50 Å².